The first-order valence-electron chi connectivity index (χ1n) is 8.60. The number of benzene rings is 1. The Morgan fingerprint density at radius 3 is 3.00 bits per heavy atom. The summed E-state index contributed by atoms with van der Waals surface area (Å²) >= 11 is 0. The van der Waals surface area contributed by atoms with E-state index in [1.807, 2.05) is 31.3 Å². The number of nitrogens with zero attached hydrogens (tertiary/aromatic N) is 2. The molecule has 0 bridgehead atoms. The predicted octanol–water partition coefficient (Wildman–Crippen LogP) is 2.80. The Kier molecular flexibility index (Phi) is 4.36. The molecule has 0 spiro atoms. The number of carbonyl (C=O) groups is 1. The van der Waals surface area contributed by atoms with Gasteiger partial charge in [0.15, 0.2) is 11.5 Å². The molecular weight excluding hydrogens is 320 g/mol. The van der Waals surface area contributed by atoms with Gasteiger partial charge in [0.2, 0.25) is 12.7 Å². The fourth-order valence-electron chi connectivity index (χ4n) is 3.53. The molecule has 1 amide bonds. The molecule has 2 aliphatic heterocycles. The smallest absolute Gasteiger partial charge is 0.236 e. The third kappa shape index (κ3) is 3.35. The van der Waals surface area contributed by atoms with Crippen LogP contribution in [0.4, 0.5) is 0 Å². The second-order valence-corrected chi connectivity index (χ2v) is 6.57. The lowest BCUT2D eigenvalue weighted by molar-refractivity contribution is -0.132. The molecule has 1 atom stereocenters. The molecular formula is C19H22N2O4. The average Bonchev–Trinajstić information content (AvgIpc) is 3.35. The van der Waals surface area contributed by atoms with Gasteiger partial charge in [-0.25, -0.2) is 0 Å². The molecule has 1 aromatic heterocycles. The third-order valence-electron chi connectivity index (χ3n) is 4.88. The van der Waals surface area contributed by atoms with Gasteiger partial charge in [-0.2, -0.15) is 0 Å². The Labute approximate surface area is 146 Å². The highest BCUT2D eigenvalue weighted by atomic mass is 16.7. The Hall–Kier alpha value is -2.47. The van der Waals surface area contributed by atoms with Gasteiger partial charge in [0, 0.05) is 13.1 Å². The van der Waals surface area contributed by atoms with E-state index < -0.39 is 0 Å². The first-order chi connectivity index (χ1) is 12.2. The number of amides is 1. The summed E-state index contributed by atoms with van der Waals surface area (Å²) in [7, 11) is 1.82. The maximum Gasteiger partial charge on any atom is 0.236 e. The summed E-state index contributed by atoms with van der Waals surface area (Å²) in [5.41, 5.74) is 1.18. The third-order valence-corrected chi connectivity index (χ3v) is 4.88. The quantitative estimate of drug-likeness (QED) is 0.836. The number of furan rings is 1. The number of hydrogen-bond donors (Lipinski definition) is 0. The van der Waals surface area contributed by atoms with Gasteiger partial charge in [-0.3, -0.25) is 9.69 Å². The molecule has 1 aromatic carbocycles. The zero-order valence-corrected chi connectivity index (χ0v) is 14.3. The Balaban J connectivity index is 1.42. The molecule has 6 heteroatoms. The van der Waals surface area contributed by atoms with E-state index in [-0.39, 0.29) is 18.7 Å². The predicted molar refractivity (Wildman–Crippen MR) is 91.3 cm³/mol. The maximum absolute atomic E-state index is 12.6. The summed E-state index contributed by atoms with van der Waals surface area (Å²) in [6.07, 6.45) is 3.77. The zero-order valence-electron chi connectivity index (χ0n) is 14.3. The van der Waals surface area contributed by atoms with Crippen LogP contribution in [0, 0.1) is 0 Å². The molecule has 1 saturated heterocycles. The normalized spacial score (nSPS) is 19.3. The first-order valence-corrected chi connectivity index (χ1v) is 8.60. The summed E-state index contributed by atoms with van der Waals surface area (Å²) in [6, 6.07) is 10.0. The standard InChI is InChI=1S/C19H22N2O4/c1-20(11-15-4-3-9-23-15)19(22)12-21-8-2-5-16(21)14-6-7-17-18(10-14)25-13-24-17/h3-4,6-7,9-10,16H,2,5,8,11-13H2,1H3/t16-/m1/s1. The number of rotatable bonds is 5. The van der Waals surface area contributed by atoms with Gasteiger partial charge >= 0.3 is 0 Å². The molecule has 2 aromatic rings. The second kappa shape index (κ2) is 6.80. The summed E-state index contributed by atoms with van der Waals surface area (Å²) in [6.45, 7) is 2.12. The van der Waals surface area contributed by atoms with Crippen molar-refractivity contribution >= 4 is 5.91 Å². The van der Waals surface area contributed by atoms with Crippen molar-refractivity contribution in [2.75, 3.05) is 26.9 Å². The monoisotopic (exact) mass is 342 g/mol. The number of carbonyl (C=O) groups excluding carboxylic acids is 1. The molecule has 1 fully saturated rings. The molecule has 25 heavy (non-hydrogen) atoms. The molecule has 0 radical (unpaired) electrons. The fourth-order valence-corrected chi connectivity index (χ4v) is 3.53. The summed E-state index contributed by atoms with van der Waals surface area (Å²) in [5, 5.41) is 0. The van der Waals surface area contributed by atoms with Crippen molar-refractivity contribution in [3.8, 4) is 11.5 Å². The van der Waals surface area contributed by atoms with Gasteiger partial charge in [0.1, 0.15) is 5.76 Å². The Bertz CT molecular complexity index is 744. The van der Waals surface area contributed by atoms with Crippen LogP contribution in [0.5, 0.6) is 11.5 Å². The fraction of sp³-hybridized carbons (Fsp3) is 0.421. The highest BCUT2D eigenvalue weighted by molar-refractivity contribution is 5.78. The van der Waals surface area contributed by atoms with E-state index in [0.29, 0.717) is 13.1 Å². The molecule has 3 heterocycles. The molecule has 0 saturated carbocycles. The van der Waals surface area contributed by atoms with Gasteiger partial charge < -0.3 is 18.8 Å². The van der Waals surface area contributed by atoms with Crippen LogP contribution in [0.25, 0.3) is 0 Å². The SMILES string of the molecule is CN(Cc1ccco1)C(=O)CN1CCC[C@@H]1c1ccc2c(c1)OCO2. The van der Waals surface area contributed by atoms with Gasteiger partial charge in [-0.15, -0.1) is 0 Å². The van der Waals surface area contributed by atoms with Crippen molar-refractivity contribution in [3.05, 3.63) is 47.9 Å². The summed E-state index contributed by atoms with van der Waals surface area (Å²) in [4.78, 5) is 16.6. The van der Waals surface area contributed by atoms with Crippen molar-refractivity contribution < 1.29 is 18.7 Å². The minimum absolute atomic E-state index is 0.101. The van der Waals surface area contributed by atoms with E-state index >= 15 is 0 Å². The molecule has 0 aliphatic carbocycles. The highest BCUT2D eigenvalue weighted by Crippen LogP contribution is 2.38. The molecule has 0 N–H and O–H groups in total. The van der Waals surface area contributed by atoms with Gasteiger partial charge in [-0.1, -0.05) is 6.07 Å². The number of hydrogen-bond acceptors (Lipinski definition) is 5. The highest BCUT2D eigenvalue weighted by Gasteiger charge is 2.29. The van der Waals surface area contributed by atoms with Crippen molar-refractivity contribution in [3.63, 3.8) is 0 Å². The summed E-state index contributed by atoms with van der Waals surface area (Å²) < 4.78 is 16.2. The lowest BCUT2D eigenvalue weighted by atomic mass is 10.0. The minimum atomic E-state index is 0.101. The second-order valence-electron chi connectivity index (χ2n) is 6.57. The van der Waals surface area contributed by atoms with Gasteiger partial charge in [0.25, 0.3) is 0 Å². The minimum Gasteiger partial charge on any atom is -0.467 e. The van der Waals surface area contributed by atoms with E-state index in [4.69, 9.17) is 13.9 Å². The average molecular weight is 342 g/mol. The largest absolute Gasteiger partial charge is 0.467 e. The van der Waals surface area contributed by atoms with Crippen molar-refractivity contribution in [1.29, 1.82) is 0 Å². The van der Waals surface area contributed by atoms with E-state index in [9.17, 15) is 4.79 Å². The number of fused-ring (bicyclic) bond motifs is 1. The Morgan fingerprint density at radius 2 is 2.16 bits per heavy atom. The van der Waals surface area contributed by atoms with E-state index in [2.05, 4.69) is 11.0 Å². The molecule has 2 aliphatic rings. The van der Waals surface area contributed by atoms with Crippen LogP contribution in [0.1, 0.15) is 30.2 Å². The lowest BCUT2D eigenvalue weighted by Crippen LogP contribution is -2.37. The Morgan fingerprint density at radius 1 is 1.28 bits per heavy atom. The van der Waals surface area contributed by atoms with Crippen molar-refractivity contribution in [2.24, 2.45) is 0 Å². The molecule has 6 nitrogen and oxygen atoms in total. The van der Waals surface area contributed by atoms with Crippen molar-refractivity contribution in [2.45, 2.75) is 25.4 Å². The molecule has 4 rings (SSSR count). The molecule has 0 unspecified atom stereocenters. The molecule has 132 valence electrons. The lowest BCUT2D eigenvalue weighted by Gasteiger charge is -2.26. The van der Waals surface area contributed by atoms with E-state index in [1.54, 1.807) is 11.2 Å². The van der Waals surface area contributed by atoms with Crippen LogP contribution in [0.2, 0.25) is 0 Å². The van der Waals surface area contributed by atoms with Gasteiger partial charge in [0.05, 0.1) is 19.4 Å². The van der Waals surface area contributed by atoms with Crippen molar-refractivity contribution in [1.82, 2.24) is 9.80 Å². The van der Waals surface area contributed by atoms with Gasteiger partial charge in [-0.05, 0) is 49.2 Å². The number of ether oxygens (including phenoxy) is 2. The first kappa shape index (κ1) is 16.0. The number of likely N-dealkylation sites (N-methyl/N-ethyl adjacent to an activating group) is 1. The number of likely N-dealkylation sites (tertiary alicyclic amines) is 1. The van der Waals surface area contributed by atoms with E-state index in [0.717, 1.165) is 36.6 Å². The van der Waals surface area contributed by atoms with Crippen LogP contribution in [0.15, 0.2) is 41.0 Å². The van der Waals surface area contributed by atoms with E-state index in [1.165, 1.54) is 5.56 Å². The van der Waals surface area contributed by atoms with Crippen LogP contribution in [0.3, 0.4) is 0 Å². The van der Waals surface area contributed by atoms with Crippen LogP contribution in [-0.2, 0) is 11.3 Å². The maximum atomic E-state index is 12.6. The summed E-state index contributed by atoms with van der Waals surface area (Å²) in [5.74, 6) is 2.49. The topological polar surface area (TPSA) is 55.2 Å². The van der Waals surface area contributed by atoms with Crippen LogP contribution < -0.4 is 9.47 Å². The zero-order chi connectivity index (χ0) is 17.2. The van der Waals surface area contributed by atoms with Crippen LogP contribution in [-0.4, -0.2) is 42.6 Å². The van der Waals surface area contributed by atoms with Crippen LogP contribution >= 0.6 is 0 Å².